The Hall–Kier alpha value is -1.19. The highest BCUT2D eigenvalue weighted by atomic mass is 32.1. The van der Waals surface area contributed by atoms with Crippen LogP contribution in [0.1, 0.15) is 34.7 Å². The molecule has 0 saturated carbocycles. The maximum atomic E-state index is 4.27. The lowest BCUT2D eigenvalue weighted by molar-refractivity contribution is 0.570. The van der Waals surface area contributed by atoms with Crippen LogP contribution in [0.25, 0.3) is 0 Å². The summed E-state index contributed by atoms with van der Waals surface area (Å²) in [7, 11) is 0. The summed E-state index contributed by atoms with van der Waals surface area (Å²) in [6, 6.07) is 6.98. The number of aryl methyl sites for hydroxylation is 2. The highest BCUT2D eigenvalue weighted by molar-refractivity contribution is 7.09. The van der Waals surface area contributed by atoms with Crippen molar-refractivity contribution in [2.24, 2.45) is 0 Å². The molecule has 90 valence electrons. The Morgan fingerprint density at radius 2 is 2.18 bits per heavy atom. The van der Waals surface area contributed by atoms with Gasteiger partial charge < -0.3 is 5.32 Å². The molecule has 0 amide bonds. The molecule has 0 radical (unpaired) electrons. The van der Waals surface area contributed by atoms with Gasteiger partial charge in [0.2, 0.25) is 0 Å². The summed E-state index contributed by atoms with van der Waals surface area (Å²) < 4.78 is 0. The highest BCUT2D eigenvalue weighted by Gasteiger charge is 2.08. The smallest absolute Gasteiger partial charge is 0.106 e. The molecule has 0 spiro atoms. The molecule has 1 heterocycles. The molecule has 1 aromatic carbocycles. The normalized spacial score (nSPS) is 12.6. The summed E-state index contributed by atoms with van der Waals surface area (Å²) in [6.07, 6.45) is 1.85. The number of benzene rings is 1. The first-order valence-corrected chi connectivity index (χ1v) is 6.73. The Labute approximate surface area is 107 Å². The molecule has 1 N–H and O–H groups in total. The minimum atomic E-state index is 0.361. The molecule has 2 rings (SSSR count). The van der Waals surface area contributed by atoms with Crippen LogP contribution in [0.4, 0.5) is 0 Å². The maximum absolute atomic E-state index is 4.27. The second-order valence-corrected chi connectivity index (χ2v) is 5.37. The van der Waals surface area contributed by atoms with E-state index in [0.29, 0.717) is 6.04 Å². The van der Waals surface area contributed by atoms with Crippen LogP contribution in [0.5, 0.6) is 0 Å². The van der Waals surface area contributed by atoms with Gasteiger partial charge in [-0.05, 0) is 31.9 Å². The Balaban J connectivity index is 2.01. The van der Waals surface area contributed by atoms with Gasteiger partial charge >= 0.3 is 0 Å². The zero-order valence-electron chi connectivity index (χ0n) is 10.5. The molecule has 3 heteroatoms. The Kier molecular flexibility index (Phi) is 3.92. The summed E-state index contributed by atoms with van der Waals surface area (Å²) >= 11 is 1.69. The number of rotatable bonds is 4. The molecule has 1 aromatic heterocycles. The minimum absolute atomic E-state index is 0.361. The molecule has 2 aromatic rings. The zero-order chi connectivity index (χ0) is 12.3. The van der Waals surface area contributed by atoms with Gasteiger partial charge in [0, 0.05) is 24.2 Å². The van der Waals surface area contributed by atoms with Crippen molar-refractivity contribution in [2.45, 2.75) is 33.4 Å². The summed E-state index contributed by atoms with van der Waals surface area (Å²) in [5.41, 5.74) is 4.04. The molecular formula is C14H18N2S. The first kappa shape index (κ1) is 12.3. The van der Waals surface area contributed by atoms with Gasteiger partial charge in [-0.2, -0.15) is 0 Å². The predicted octanol–water partition coefficient (Wildman–Crippen LogP) is 3.61. The minimum Gasteiger partial charge on any atom is -0.304 e. The lowest BCUT2D eigenvalue weighted by Gasteiger charge is -2.16. The van der Waals surface area contributed by atoms with Crippen molar-refractivity contribution in [3.63, 3.8) is 0 Å². The molecule has 0 aliphatic carbocycles. The van der Waals surface area contributed by atoms with Gasteiger partial charge in [-0.25, -0.2) is 4.98 Å². The van der Waals surface area contributed by atoms with Crippen molar-refractivity contribution in [3.8, 4) is 0 Å². The predicted molar refractivity (Wildman–Crippen MR) is 73.3 cm³/mol. The maximum Gasteiger partial charge on any atom is 0.106 e. The van der Waals surface area contributed by atoms with Crippen LogP contribution in [0.3, 0.4) is 0 Å². The molecule has 0 bridgehead atoms. The number of hydrogen-bond acceptors (Lipinski definition) is 3. The average Bonchev–Trinajstić information content (AvgIpc) is 2.78. The zero-order valence-corrected chi connectivity index (χ0v) is 11.3. The van der Waals surface area contributed by atoms with Gasteiger partial charge in [-0.1, -0.05) is 23.8 Å². The fourth-order valence-electron chi connectivity index (χ4n) is 2.00. The largest absolute Gasteiger partial charge is 0.304 e. The fraction of sp³-hybridized carbons (Fsp3) is 0.357. The van der Waals surface area contributed by atoms with Crippen molar-refractivity contribution in [2.75, 3.05) is 0 Å². The van der Waals surface area contributed by atoms with E-state index >= 15 is 0 Å². The van der Waals surface area contributed by atoms with E-state index in [0.717, 1.165) is 11.6 Å². The van der Waals surface area contributed by atoms with Crippen molar-refractivity contribution in [1.82, 2.24) is 10.3 Å². The number of nitrogens with zero attached hydrogens (tertiary/aromatic N) is 1. The van der Waals surface area contributed by atoms with Crippen LogP contribution in [0.15, 0.2) is 29.8 Å². The monoisotopic (exact) mass is 246 g/mol. The van der Waals surface area contributed by atoms with Crippen LogP contribution >= 0.6 is 11.3 Å². The Morgan fingerprint density at radius 1 is 1.35 bits per heavy atom. The van der Waals surface area contributed by atoms with E-state index in [4.69, 9.17) is 0 Å². The first-order chi connectivity index (χ1) is 8.16. The van der Waals surface area contributed by atoms with Crippen molar-refractivity contribution in [1.29, 1.82) is 0 Å². The Bertz CT molecular complexity index is 477. The van der Waals surface area contributed by atoms with Gasteiger partial charge in [-0.15, -0.1) is 11.3 Å². The van der Waals surface area contributed by atoms with Crippen LogP contribution in [0.2, 0.25) is 0 Å². The summed E-state index contributed by atoms with van der Waals surface area (Å²) in [5.74, 6) is 0. The quantitative estimate of drug-likeness (QED) is 0.891. The number of nitrogens with one attached hydrogen (secondary N) is 1. The summed E-state index contributed by atoms with van der Waals surface area (Å²) in [5, 5.41) is 6.66. The molecular weight excluding hydrogens is 228 g/mol. The van der Waals surface area contributed by atoms with E-state index in [1.807, 2.05) is 11.6 Å². The van der Waals surface area contributed by atoms with Gasteiger partial charge in [0.25, 0.3) is 0 Å². The van der Waals surface area contributed by atoms with Crippen molar-refractivity contribution < 1.29 is 0 Å². The second-order valence-electron chi connectivity index (χ2n) is 4.39. The van der Waals surface area contributed by atoms with Crippen molar-refractivity contribution in [3.05, 3.63) is 51.5 Å². The SMILES string of the molecule is Cc1ccc(C(C)NCc2nccs2)c(C)c1. The van der Waals surface area contributed by atoms with Crippen LogP contribution in [0, 0.1) is 13.8 Å². The summed E-state index contributed by atoms with van der Waals surface area (Å²) in [4.78, 5) is 4.27. The van der Waals surface area contributed by atoms with Gasteiger partial charge in [0.1, 0.15) is 5.01 Å². The van der Waals surface area contributed by atoms with Crippen LogP contribution in [-0.2, 0) is 6.54 Å². The van der Waals surface area contributed by atoms with Gasteiger partial charge in [0.15, 0.2) is 0 Å². The molecule has 17 heavy (non-hydrogen) atoms. The van der Waals surface area contributed by atoms with Crippen molar-refractivity contribution >= 4 is 11.3 Å². The van der Waals surface area contributed by atoms with Crippen LogP contribution in [-0.4, -0.2) is 4.98 Å². The highest BCUT2D eigenvalue weighted by Crippen LogP contribution is 2.19. The topological polar surface area (TPSA) is 24.9 Å². The first-order valence-electron chi connectivity index (χ1n) is 5.85. The third-order valence-electron chi connectivity index (χ3n) is 2.93. The van der Waals surface area contributed by atoms with E-state index < -0.39 is 0 Å². The third-order valence-corrected chi connectivity index (χ3v) is 3.71. The molecule has 1 unspecified atom stereocenters. The molecule has 1 atom stereocenters. The molecule has 0 fully saturated rings. The molecule has 0 aliphatic heterocycles. The van der Waals surface area contributed by atoms with E-state index in [2.05, 4.69) is 49.3 Å². The van der Waals surface area contributed by atoms with E-state index in [9.17, 15) is 0 Å². The standard InChI is InChI=1S/C14H18N2S/c1-10-4-5-13(11(2)8-10)12(3)16-9-14-15-6-7-17-14/h4-8,12,16H,9H2,1-3H3. The molecule has 2 nitrogen and oxygen atoms in total. The third kappa shape index (κ3) is 3.14. The second kappa shape index (κ2) is 5.43. The average molecular weight is 246 g/mol. The van der Waals surface area contributed by atoms with E-state index in [1.165, 1.54) is 16.7 Å². The molecule has 0 saturated heterocycles. The Morgan fingerprint density at radius 3 is 2.82 bits per heavy atom. The molecule has 0 aliphatic rings. The summed E-state index contributed by atoms with van der Waals surface area (Å²) in [6.45, 7) is 7.34. The number of thiazole rings is 1. The van der Waals surface area contributed by atoms with E-state index in [-0.39, 0.29) is 0 Å². The number of hydrogen-bond donors (Lipinski definition) is 1. The van der Waals surface area contributed by atoms with Gasteiger partial charge in [-0.3, -0.25) is 0 Å². The lowest BCUT2D eigenvalue weighted by atomic mass is 10.0. The lowest BCUT2D eigenvalue weighted by Crippen LogP contribution is -2.18. The van der Waals surface area contributed by atoms with Crippen LogP contribution < -0.4 is 5.32 Å². The van der Waals surface area contributed by atoms with E-state index in [1.54, 1.807) is 11.3 Å². The van der Waals surface area contributed by atoms with Gasteiger partial charge in [0.05, 0.1) is 0 Å². The fourth-order valence-corrected chi connectivity index (χ4v) is 2.57. The number of aromatic nitrogens is 1.